The normalized spacial score (nSPS) is 16.9. The first kappa shape index (κ1) is 18.1. The van der Waals surface area contributed by atoms with E-state index in [1.54, 1.807) is 53.8 Å². The van der Waals surface area contributed by atoms with E-state index in [1.165, 1.54) is 4.90 Å². The third kappa shape index (κ3) is 2.85. The molecule has 0 saturated carbocycles. The number of imidazole rings is 1. The van der Waals surface area contributed by atoms with Crippen molar-refractivity contribution in [3.8, 4) is 0 Å². The maximum Gasteiger partial charge on any atom is 0.260 e. The Balaban J connectivity index is 1.43. The first-order valence-corrected chi connectivity index (χ1v) is 9.71. The summed E-state index contributed by atoms with van der Waals surface area (Å²) in [5.41, 5.74) is 3.19. The summed E-state index contributed by atoms with van der Waals surface area (Å²) in [7, 11) is 0. The van der Waals surface area contributed by atoms with Crippen LogP contribution in [0.15, 0.2) is 61.1 Å². The zero-order chi connectivity index (χ0) is 20.7. The first-order chi connectivity index (χ1) is 14.6. The highest BCUT2D eigenvalue weighted by Crippen LogP contribution is 2.44. The van der Waals surface area contributed by atoms with Gasteiger partial charge >= 0.3 is 0 Å². The van der Waals surface area contributed by atoms with Crippen molar-refractivity contribution >= 4 is 23.4 Å². The van der Waals surface area contributed by atoms with E-state index in [-0.39, 0.29) is 24.3 Å². The molecule has 3 heterocycles. The molecule has 3 aromatic rings. The van der Waals surface area contributed by atoms with E-state index < -0.39 is 6.17 Å². The standard InChI is InChI=1S/C22H19N5O3/c28-19(24-10-9-14-11-23-13-25-14)12-26-20-15-5-1-2-6-16(15)22(30)27(20)18-8-4-3-7-17(18)21(26)29/h1-8,11,13,20H,9-10,12H2,(H,23,25)(H,24,28)/t20-/m0/s1. The monoisotopic (exact) mass is 401 g/mol. The van der Waals surface area contributed by atoms with Crippen molar-refractivity contribution < 1.29 is 14.4 Å². The number of anilines is 1. The average molecular weight is 401 g/mol. The Morgan fingerprint density at radius 2 is 1.80 bits per heavy atom. The number of nitrogens with one attached hydrogen (secondary N) is 2. The minimum atomic E-state index is -0.630. The van der Waals surface area contributed by atoms with E-state index in [1.807, 2.05) is 12.1 Å². The van der Waals surface area contributed by atoms with E-state index in [2.05, 4.69) is 15.3 Å². The fourth-order valence-corrected chi connectivity index (χ4v) is 4.10. The zero-order valence-corrected chi connectivity index (χ0v) is 16.0. The highest BCUT2D eigenvalue weighted by atomic mass is 16.2. The Labute approximate surface area is 172 Å². The second-order valence-electron chi connectivity index (χ2n) is 7.26. The van der Waals surface area contributed by atoms with E-state index in [4.69, 9.17) is 0 Å². The van der Waals surface area contributed by atoms with Crippen LogP contribution in [-0.4, -0.2) is 45.7 Å². The first-order valence-electron chi connectivity index (χ1n) is 9.71. The molecule has 2 aromatic carbocycles. The van der Waals surface area contributed by atoms with Crippen molar-refractivity contribution in [1.29, 1.82) is 0 Å². The molecule has 30 heavy (non-hydrogen) atoms. The highest BCUT2D eigenvalue weighted by molar-refractivity contribution is 6.17. The number of hydrogen-bond acceptors (Lipinski definition) is 4. The molecule has 0 spiro atoms. The lowest BCUT2D eigenvalue weighted by molar-refractivity contribution is -0.122. The van der Waals surface area contributed by atoms with E-state index >= 15 is 0 Å². The number of carbonyl (C=O) groups is 3. The van der Waals surface area contributed by atoms with Gasteiger partial charge < -0.3 is 15.2 Å². The molecule has 8 heteroatoms. The number of H-pyrrole nitrogens is 1. The predicted octanol–water partition coefficient (Wildman–Crippen LogP) is 1.88. The van der Waals surface area contributed by atoms with Crippen molar-refractivity contribution in [3.05, 3.63) is 83.4 Å². The summed E-state index contributed by atoms with van der Waals surface area (Å²) in [5.74, 6) is -0.709. The van der Waals surface area contributed by atoms with Crippen molar-refractivity contribution in [2.24, 2.45) is 0 Å². The molecule has 0 bridgehead atoms. The van der Waals surface area contributed by atoms with Gasteiger partial charge in [0.2, 0.25) is 5.91 Å². The van der Waals surface area contributed by atoms with Crippen LogP contribution in [0.4, 0.5) is 5.69 Å². The number of para-hydroxylation sites is 1. The molecule has 0 unspecified atom stereocenters. The Bertz CT molecular complexity index is 1140. The molecular weight excluding hydrogens is 382 g/mol. The van der Waals surface area contributed by atoms with Gasteiger partial charge in [0, 0.05) is 36.0 Å². The number of aromatic nitrogens is 2. The molecule has 0 radical (unpaired) electrons. The van der Waals surface area contributed by atoms with Gasteiger partial charge in [-0.05, 0) is 18.2 Å². The quantitative estimate of drug-likeness (QED) is 0.682. The smallest absolute Gasteiger partial charge is 0.260 e. The Morgan fingerprint density at radius 1 is 1.03 bits per heavy atom. The maximum absolute atomic E-state index is 13.3. The van der Waals surface area contributed by atoms with Gasteiger partial charge in [0.15, 0.2) is 0 Å². The number of hydrogen-bond donors (Lipinski definition) is 2. The van der Waals surface area contributed by atoms with Gasteiger partial charge in [-0.1, -0.05) is 30.3 Å². The minimum Gasteiger partial charge on any atom is -0.354 e. The average Bonchev–Trinajstić information content (AvgIpc) is 3.38. The van der Waals surface area contributed by atoms with Gasteiger partial charge in [-0.15, -0.1) is 0 Å². The highest BCUT2D eigenvalue weighted by Gasteiger charge is 2.47. The summed E-state index contributed by atoms with van der Waals surface area (Å²) in [4.78, 5) is 49.0. The maximum atomic E-state index is 13.3. The van der Waals surface area contributed by atoms with Crippen LogP contribution in [0.1, 0.15) is 38.1 Å². The predicted molar refractivity (Wildman–Crippen MR) is 109 cm³/mol. The third-order valence-electron chi connectivity index (χ3n) is 5.47. The number of rotatable bonds is 5. The molecule has 8 nitrogen and oxygen atoms in total. The summed E-state index contributed by atoms with van der Waals surface area (Å²) >= 11 is 0. The van der Waals surface area contributed by atoms with Crippen LogP contribution in [0, 0.1) is 0 Å². The molecule has 150 valence electrons. The Kier molecular flexibility index (Phi) is 4.31. The molecule has 0 aliphatic carbocycles. The molecule has 2 aliphatic heterocycles. The molecule has 2 aliphatic rings. The molecular formula is C22H19N5O3. The fraction of sp³-hybridized carbons (Fsp3) is 0.182. The van der Waals surface area contributed by atoms with Crippen LogP contribution in [0.25, 0.3) is 0 Å². The number of benzene rings is 2. The fourth-order valence-electron chi connectivity index (χ4n) is 4.10. The van der Waals surface area contributed by atoms with Crippen LogP contribution in [0.2, 0.25) is 0 Å². The number of amides is 3. The van der Waals surface area contributed by atoms with E-state index in [0.717, 1.165) is 11.3 Å². The van der Waals surface area contributed by atoms with Crippen LogP contribution < -0.4 is 10.2 Å². The summed E-state index contributed by atoms with van der Waals surface area (Å²) in [5, 5.41) is 2.84. The molecule has 0 fully saturated rings. The van der Waals surface area contributed by atoms with Crippen LogP contribution in [0.3, 0.4) is 0 Å². The van der Waals surface area contributed by atoms with Crippen LogP contribution in [-0.2, 0) is 11.2 Å². The summed E-state index contributed by atoms with van der Waals surface area (Å²) in [6.07, 6.45) is 3.27. The van der Waals surface area contributed by atoms with Gasteiger partial charge in [0.05, 0.1) is 17.6 Å². The minimum absolute atomic E-state index is 0.140. The third-order valence-corrected chi connectivity index (χ3v) is 5.47. The van der Waals surface area contributed by atoms with Crippen molar-refractivity contribution in [2.45, 2.75) is 12.6 Å². The van der Waals surface area contributed by atoms with Crippen LogP contribution >= 0.6 is 0 Å². The lowest BCUT2D eigenvalue weighted by atomic mass is 10.0. The lowest BCUT2D eigenvalue weighted by Gasteiger charge is -2.40. The van der Waals surface area contributed by atoms with Crippen LogP contribution in [0.5, 0.6) is 0 Å². The summed E-state index contributed by atoms with van der Waals surface area (Å²) < 4.78 is 0. The van der Waals surface area contributed by atoms with Crippen molar-refractivity contribution in [3.63, 3.8) is 0 Å². The summed E-state index contributed by atoms with van der Waals surface area (Å²) in [6.45, 7) is 0.280. The lowest BCUT2D eigenvalue weighted by Crippen LogP contribution is -2.51. The molecule has 1 aromatic heterocycles. The zero-order valence-electron chi connectivity index (χ0n) is 16.0. The van der Waals surface area contributed by atoms with Crippen molar-refractivity contribution in [2.75, 3.05) is 18.0 Å². The van der Waals surface area contributed by atoms with Gasteiger partial charge in [-0.25, -0.2) is 4.98 Å². The molecule has 1 atom stereocenters. The van der Waals surface area contributed by atoms with Crippen molar-refractivity contribution in [1.82, 2.24) is 20.2 Å². The van der Waals surface area contributed by atoms with Gasteiger partial charge in [-0.2, -0.15) is 0 Å². The number of nitrogens with zero attached hydrogens (tertiary/aromatic N) is 3. The van der Waals surface area contributed by atoms with E-state index in [9.17, 15) is 14.4 Å². The number of fused-ring (bicyclic) bond motifs is 5. The molecule has 2 N–H and O–H groups in total. The van der Waals surface area contributed by atoms with Gasteiger partial charge in [0.1, 0.15) is 12.7 Å². The number of aromatic amines is 1. The number of carbonyl (C=O) groups excluding carboxylic acids is 3. The Hall–Kier alpha value is -3.94. The second-order valence-corrected chi connectivity index (χ2v) is 7.26. The Morgan fingerprint density at radius 3 is 2.60 bits per heavy atom. The topological polar surface area (TPSA) is 98.4 Å². The van der Waals surface area contributed by atoms with Gasteiger partial charge in [-0.3, -0.25) is 19.3 Å². The molecule has 5 rings (SSSR count). The second kappa shape index (κ2) is 7.14. The van der Waals surface area contributed by atoms with E-state index in [0.29, 0.717) is 29.8 Å². The largest absolute Gasteiger partial charge is 0.354 e. The molecule has 0 saturated heterocycles. The molecule has 3 amide bonds. The SMILES string of the molecule is O=C(CN1C(=O)c2ccccc2N2C(=O)c3ccccc3[C@@H]12)NCCc1cnc[nH]1. The van der Waals surface area contributed by atoms with Gasteiger partial charge in [0.25, 0.3) is 11.8 Å². The summed E-state index contributed by atoms with van der Waals surface area (Å²) in [6, 6.07) is 14.2.